The third-order valence-electron chi connectivity index (χ3n) is 4.50. The Morgan fingerprint density at radius 2 is 1.85 bits per heavy atom. The Balaban J connectivity index is 1.48. The predicted molar refractivity (Wildman–Crippen MR) is 107 cm³/mol. The SMILES string of the molecule is Cc1ccc(S(=O)CCCCOc2ccc3c(c2)C(C)(C)OC(=O)N3)cc1. The van der Waals surface area contributed by atoms with Gasteiger partial charge in [0.15, 0.2) is 0 Å². The van der Waals surface area contributed by atoms with Crippen LogP contribution in [-0.4, -0.2) is 22.7 Å². The molecule has 5 nitrogen and oxygen atoms in total. The summed E-state index contributed by atoms with van der Waals surface area (Å²) in [5.74, 6) is 1.37. The Kier molecular flexibility index (Phi) is 5.85. The number of carbonyl (C=O) groups excluding carboxylic acids is 1. The van der Waals surface area contributed by atoms with Gasteiger partial charge in [0.2, 0.25) is 0 Å². The van der Waals surface area contributed by atoms with Gasteiger partial charge in [-0.15, -0.1) is 0 Å². The number of cyclic esters (lactones) is 1. The summed E-state index contributed by atoms with van der Waals surface area (Å²) in [7, 11) is -0.968. The van der Waals surface area contributed by atoms with Crippen LogP contribution in [0.3, 0.4) is 0 Å². The Morgan fingerprint density at radius 1 is 1.11 bits per heavy atom. The van der Waals surface area contributed by atoms with Crippen molar-refractivity contribution >= 4 is 22.6 Å². The van der Waals surface area contributed by atoms with E-state index in [9.17, 15) is 9.00 Å². The largest absolute Gasteiger partial charge is 0.494 e. The summed E-state index contributed by atoms with van der Waals surface area (Å²) >= 11 is 0. The maximum absolute atomic E-state index is 12.3. The highest BCUT2D eigenvalue weighted by Crippen LogP contribution is 2.37. The van der Waals surface area contributed by atoms with E-state index in [2.05, 4.69) is 5.32 Å². The van der Waals surface area contributed by atoms with Gasteiger partial charge in [0.1, 0.15) is 11.4 Å². The summed E-state index contributed by atoms with van der Waals surface area (Å²) in [6, 6.07) is 13.4. The summed E-state index contributed by atoms with van der Waals surface area (Å²) in [5, 5.41) is 2.70. The van der Waals surface area contributed by atoms with E-state index in [0.717, 1.165) is 34.7 Å². The van der Waals surface area contributed by atoms with Crippen LogP contribution in [0.2, 0.25) is 0 Å². The van der Waals surface area contributed by atoms with E-state index in [0.29, 0.717) is 12.4 Å². The quantitative estimate of drug-likeness (QED) is 0.696. The second-order valence-corrected chi connectivity index (χ2v) is 8.72. The van der Waals surface area contributed by atoms with Crippen LogP contribution in [0.15, 0.2) is 47.4 Å². The number of rotatable bonds is 7. The van der Waals surface area contributed by atoms with Crippen molar-refractivity contribution < 1.29 is 18.5 Å². The van der Waals surface area contributed by atoms with Gasteiger partial charge in [0.25, 0.3) is 0 Å². The molecule has 0 fully saturated rings. The average Bonchev–Trinajstić information content (AvgIpc) is 2.61. The van der Waals surface area contributed by atoms with Crippen LogP contribution < -0.4 is 10.1 Å². The third-order valence-corrected chi connectivity index (χ3v) is 5.96. The molecule has 144 valence electrons. The van der Waals surface area contributed by atoms with Crippen LogP contribution in [-0.2, 0) is 21.1 Å². The fourth-order valence-corrected chi connectivity index (χ4v) is 4.12. The molecule has 1 heterocycles. The Hall–Kier alpha value is -2.34. The van der Waals surface area contributed by atoms with Crippen molar-refractivity contribution in [2.45, 2.75) is 44.1 Å². The molecule has 27 heavy (non-hydrogen) atoms. The summed E-state index contributed by atoms with van der Waals surface area (Å²) in [5.41, 5.74) is 2.11. The summed E-state index contributed by atoms with van der Waals surface area (Å²) < 4.78 is 23.4. The van der Waals surface area contributed by atoms with Gasteiger partial charge < -0.3 is 9.47 Å². The molecule has 0 spiro atoms. The van der Waals surface area contributed by atoms with Crippen LogP contribution in [0, 0.1) is 6.92 Å². The highest BCUT2D eigenvalue weighted by molar-refractivity contribution is 7.85. The van der Waals surface area contributed by atoms with Gasteiger partial charge >= 0.3 is 6.09 Å². The minimum Gasteiger partial charge on any atom is -0.494 e. The highest BCUT2D eigenvalue weighted by atomic mass is 32.2. The number of unbranched alkanes of at least 4 members (excludes halogenated alkanes) is 1. The Labute approximate surface area is 162 Å². The maximum Gasteiger partial charge on any atom is 0.412 e. The molecule has 0 bridgehead atoms. The molecule has 0 saturated carbocycles. The lowest BCUT2D eigenvalue weighted by Crippen LogP contribution is -2.34. The minimum atomic E-state index is -0.968. The molecular formula is C21H25NO4S. The second-order valence-electron chi connectivity index (χ2n) is 7.15. The van der Waals surface area contributed by atoms with Gasteiger partial charge in [0.05, 0.1) is 23.1 Å². The molecule has 2 aromatic carbocycles. The predicted octanol–water partition coefficient (Wildman–Crippen LogP) is 4.76. The topological polar surface area (TPSA) is 64.6 Å². The average molecular weight is 388 g/mol. The van der Waals surface area contributed by atoms with E-state index < -0.39 is 22.5 Å². The van der Waals surface area contributed by atoms with E-state index in [1.165, 1.54) is 5.56 Å². The number of benzene rings is 2. The molecule has 0 aromatic heterocycles. The zero-order chi connectivity index (χ0) is 19.4. The van der Waals surface area contributed by atoms with E-state index in [4.69, 9.17) is 9.47 Å². The number of nitrogens with one attached hydrogen (secondary N) is 1. The molecule has 6 heteroatoms. The minimum absolute atomic E-state index is 0.442. The Morgan fingerprint density at radius 3 is 2.59 bits per heavy atom. The first-order chi connectivity index (χ1) is 12.8. The van der Waals surface area contributed by atoms with Gasteiger partial charge in [-0.05, 0) is 63.9 Å². The fourth-order valence-electron chi connectivity index (χ4n) is 2.98. The zero-order valence-electron chi connectivity index (χ0n) is 15.9. The van der Waals surface area contributed by atoms with Gasteiger partial charge in [0, 0.05) is 16.2 Å². The number of fused-ring (bicyclic) bond motifs is 1. The molecule has 2 aromatic rings. The summed E-state index contributed by atoms with van der Waals surface area (Å²) in [6.45, 7) is 6.28. The van der Waals surface area contributed by atoms with Crippen molar-refractivity contribution in [3.63, 3.8) is 0 Å². The number of amides is 1. The van der Waals surface area contributed by atoms with Crippen LogP contribution >= 0.6 is 0 Å². The monoisotopic (exact) mass is 387 g/mol. The third kappa shape index (κ3) is 4.89. The number of carbonyl (C=O) groups is 1. The number of aryl methyl sites for hydroxylation is 1. The molecule has 1 atom stereocenters. The molecule has 1 aliphatic rings. The molecule has 0 radical (unpaired) electrons. The normalized spacial score (nSPS) is 16.0. The molecule has 3 rings (SSSR count). The van der Waals surface area contributed by atoms with Crippen molar-refractivity contribution in [3.8, 4) is 5.75 Å². The van der Waals surface area contributed by atoms with Gasteiger partial charge in [-0.25, -0.2) is 4.79 Å². The molecule has 0 saturated heterocycles. The van der Waals surface area contributed by atoms with Gasteiger partial charge in [-0.1, -0.05) is 17.7 Å². The molecule has 1 N–H and O–H groups in total. The first-order valence-corrected chi connectivity index (χ1v) is 10.4. The lowest BCUT2D eigenvalue weighted by Gasteiger charge is -2.32. The first-order valence-electron chi connectivity index (χ1n) is 9.07. The van der Waals surface area contributed by atoms with Crippen LogP contribution in [0.25, 0.3) is 0 Å². The van der Waals surface area contributed by atoms with Crippen molar-refractivity contribution in [3.05, 3.63) is 53.6 Å². The zero-order valence-corrected chi connectivity index (χ0v) is 16.7. The van der Waals surface area contributed by atoms with Crippen molar-refractivity contribution in [2.24, 2.45) is 0 Å². The van der Waals surface area contributed by atoms with Crippen LogP contribution in [0.1, 0.15) is 37.8 Å². The van der Waals surface area contributed by atoms with Crippen LogP contribution in [0.4, 0.5) is 10.5 Å². The van der Waals surface area contributed by atoms with Crippen molar-refractivity contribution in [1.82, 2.24) is 0 Å². The summed E-state index contributed by atoms with van der Waals surface area (Å²) in [4.78, 5) is 12.4. The lowest BCUT2D eigenvalue weighted by atomic mass is 9.94. The van der Waals surface area contributed by atoms with Crippen molar-refractivity contribution in [1.29, 1.82) is 0 Å². The van der Waals surface area contributed by atoms with E-state index in [1.807, 2.05) is 63.2 Å². The van der Waals surface area contributed by atoms with E-state index in [1.54, 1.807) is 0 Å². The fraction of sp³-hybridized carbons (Fsp3) is 0.381. The smallest absolute Gasteiger partial charge is 0.412 e. The lowest BCUT2D eigenvalue weighted by molar-refractivity contribution is 0.0418. The van der Waals surface area contributed by atoms with E-state index in [-0.39, 0.29) is 0 Å². The molecule has 1 aliphatic heterocycles. The van der Waals surface area contributed by atoms with Gasteiger partial charge in [-0.3, -0.25) is 9.53 Å². The first kappa shape index (κ1) is 19.4. The van der Waals surface area contributed by atoms with Crippen molar-refractivity contribution in [2.75, 3.05) is 17.7 Å². The standard InChI is InChI=1S/C21H25NO4S/c1-15-6-9-17(10-7-15)27(24)13-5-4-12-25-16-8-11-19-18(14-16)21(2,3)26-20(23)22-19/h6-11,14H,4-5,12-13H2,1-3H3,(H,22,23). The molecule has 1 amide bonds. The second kappa shape index (κ2) is 8.13. The molecule has 0 aliphatic carbocycles. The number of ether oxygens (including phenoxy) is 2. The Bertz CT molecular complexity index is 846. The number of hydrogen-bond acceptors (Lipinski definition) is 4. The highest BCUT2D eigenvalue weighted by Gasteiger charge is 2.33. The van der Waals surface area contributed by atoms with Gasteiger partial charge in [-0.2, -0.15) is 0 Å². The number of hydrogen-bond donors (Lipinski definition) is 1. The summed E-state index contributed by atoms with van der Waals surface area (Å²) in [6.07, 6.45) is 1.21. The molecular weight excluding hydrogens is 362 g/mol. The molecule has 1 unspecified atom stereocenters. The van der Waals surface area contributed by atoms with E-state index >= 15 is 0 Å². The van der Waals surface area contributed by atoms with Crippen LogP contribution in [0.5, 0.6) is 5.75 Å². The number of anilines is 1. The maximum atomic E-state index is 12.3.